The molecule has 1 saturated heterocycles. The van der Waals surface area contributed by atoms with Crippen LogP contribution in [0.25, 0.3) is 0 Å². The van der Waals surface area contributed by atoms with Gasteiger partial charge in [0.15, 0.2) is 0 Å². The van der Waals surface area contributed by atoms with E-state index in [-0.39, 0.29) is 19.0 Å². The van der Waals surface area contributed by atoms with Gasteiger partial charge in [0.2, 0.25) is 0 Å². The summed E-state index contributed by atoms with van der Waals surface area (Å²) in [6, 6.07) is 12.4. The summed E-state index contributed by atoms with van der Waals surface area (Å²) in [6.45, 7) is 2.50. The van der Waals surface area contributed by atoms with Gasteiger partial charge in [0.05, 0.1) is 24.0 Å². The van der Waals surface area contributed by atoms with Gasteiger partial charge in [-0.15, -0.1) is 0 Å². The van der Waals surface area contributed by atoms with E-state index in [4.69, 9.17) is 0 Å². The number of imide groups is 1. The number of amides is 3. The molecule has 0 bridgehead atoms. The molecule has 3 aliphatic heterocycles. The van der Waals surface area contributed by atoms with E-state index < -0.39 is 11.8 Å². The maximum absolute atomic E-state index is 13.8. The molecule has 0 N–H and O–H groups in total. The van der Waals surface area contributed by atoms with E-state index in [0.29, 0.717) is 35.1 Å². The summed E-state index contributed by atoms with van der Waals surface area (Å²) in [4.78, 5) is 43.2. The SMILES string of the molecule is O=C(c1ccc2c(c1)CCN2C/C(=C/F)CN1C(=O)c2ccccc2C1=O)N1CCCCC1. The molecular weight excluding hydrogens is 421 g/mol. The van der Waals surface area contributed by atoms with Gasteiger partial charge < -0.3 is 9.80 Å². The van der Waals surface area contributed by atoms with Crippen molar-refractivity contribution in [2.24, 2.45) is 0 Å². The summed E-state index contributed by atoms with van der Waals surface area (Å²) < 4.78 is 13.8. The first-order chi connectivity index (χ1) is 16.1. The average Bonchev–Trinajstić information content (AvgIpc) is 3.37. The smallest absolute Gasteiger partial charge is 0.261 e. The minimum atomic E-state index is -0.391. The molecule has 0 saturated carbocycles. The van der Waals surface area contributed by atoms with Crippen LogP contribution in [0.2, 0.25) is 0 Å². The van der Waals surface area contributed by atoms with Gasteiger partial charge in [-0.1, -0.05) is 12.1 Å². The second kappa shape index (κ2) is 8.81. The number of piperidine rings is 1. The van der Waals surface area contributed by atoms with E-state index in [1.165, 1.54) is 6.42 Å². The molecule has 0 unspecified atom stereocenters. The standard InChI is InChI=1S/C26H26FN3O3/c27-15-18(17-30-25(32)21-6-2-3-7-22(21)26(30)33)16-29-13-10-19-14-20(8-9-23(19)29)24(31)28-11-4-1-5-12-28/h2-3,6-9,14-15H,1,4-5,10-13,16-17H2/b18-15-. The molecular formula is C26H26FN3O3. The van der Waals surface area contributed by atoms with E-state index in [9.17, 15) is 18.8 Å². The van der Waals surface area contributed by atoms with Gasteiger partial charge in [0, 0.05) is 37.4 Å². The number of rotatable bonds is 5. The summed E-state index contributed by atoms with van der Waals surface area (Å²) in [5.41, 5.74) is 3.80. The number of halogens is 1. The van der Waals surface area contributed by atoms with Crippen LogP contribution >= 0.6 is 0 Å². The predicted octanol–water partition coefficient (Wildman–Crippen LogP) is 3.82. The fraction of sp³-hybridized carbons (Fsp3) is 0.346. The number of fused-ring (bicyclic) bond motifs is 2. The Kier molecular flexibility index (Phi) is 5.70. The highest BCUT2D eigenvalue weighted by Crippen LogP contribution is 2.31. The van der Waals surface area contributed by atoms with Crippen LogP contribution in [0.3, 0.4) is 0 Å². The summed E-state index contributed by atoms with van der Waals surface area (Å²) in [5, 5.41) is 0. The van der Waals surface area contributed by atoms with Crippen LogP contribution < -0.4 is 4.90 Å². The zero-order valence-electron chi connectivity index (χ0n) is 18.4. The summed E-state index contributed by atoms with van der Waals surface area (Å²) >= 11 is 0. The van der Waals surface area contributed by atoms with Crippen molar-refractivity contribution in [2.45, 2.75) is 25.7 Å². The second-order valence-electron chi connectivity index (χ2n) is 8.88. The lowest BCUT2D eigenvalue weighted by atomic mass is 10.1. The maximum atomic E-state index is 13.8. The lowest BCUT2D eigenvalue weighted by Gasteiger charge is -2.27. The highest BCUT2D eigenvalue weighted by atomic mass is 19.1. The van der Waals surface area contributed by atoms with Gasteiger partial charge >= 0.3 is 0 Å². The van der Waals surface area contributed by atoms with Crippen LogP contribution in [0.15, 0.2) is 54.4 Å². The number of carbonyl (C=O) groups is 3. The van der Waals surface area contributed by atoms with Gasteiger partial charge in [-0.2, -0.15) is 0 Å². The molecule has 0 aromatic heterocycles. The minimum Gasteiger partial charge on any atom is -0.367 e. The quantitative estimate of drug-likeness (QED) is 0.654. The highest BCUT2D eigenvalue weighted by Gasteiger charge is 2.36. The maximum Gasteiger partial charge on any atom is 0.261 e. The number of hydrogen-bond acceptors (Lipinski definition) is 4. The van der Waals surface area contributed by atoms with Crippen LogP contribution in [0.1, 0.15) is 55.9 Å². The number of carbonyl (C=O) groups excluding carboxylic acids is 3. The largest absolute Gasteiger partial charge is 0.367 e. The monoisotopic (exact) mass is 447 g/mol. The topological polar surface area (TPSA) is 60.9 Å². The molecule has 0 atom stereocenters. The molecule has 5 rings (SSSR count). The molecule has 2 aromatic carbocycles. The Morgan fingerprint density at radius 3 is 2.27 bits per heavy atom. The number of anilines is 1. The van der Waals surface area contributed by atoms with Crippen LogP contribution in [0.4, 0.5) is 10.1 Å². The average molecular weight is 448 g/mol. The van der Waals surface area contributed by atoms with Gasteiger partial charge in [-0.05, 0) is 67.2 Å². The van der Waals surface area contributed by atoms with Crippen molar-refractivity contribution in [1.82, 2.24) is 9.80 Å². The molecule has 3 aliphatic rings. The number of hydrogen-bond donors (Lipinski definition) is 0. The number of benzene rings is 2. The Labute approximate surface area is 192 Å². The Bertz CT molecular complexity index is 1120. The fourth-order valence-corrected chi connectivity index (χ4v) is 5.00. The predicted molar refractivity (Wildman–Crippen MR) is 123 cm³/mol. The van der Waals surface area contributed by atoms with Gasteiger partial charge in [0.25, 0.3) is 17.7 Å². The van der Waals surface area contributed by atoms with Crippen LogP contribution in [0, 0.1) is 0 Å². The van der Waals surface area contributed by atoms with Crippen molar-refractivity contribution >= 4 is 23.4 Å². The molecule has 170 valence electrons. The summed E-state index contributed by atoms with van der Waals surface area (Å²) in [7, 11) is 0. The first kappa shape index (κ1) is 21.4. The van der Waals surface area contributed by atoms with Gasteiger partial charge in [-0.3, -0.25) is 19.3 Å². The minimum absolute atomic E-state index is 0.0749. The first-order valence-electron chi connectivity index (χ1n) is 11.5. The third kappa shape index (κ3) is 3.92. The molecule has 1 fully saturated rings. The van der Waals surface area contributed by atoms with E-state index >= 15 is 0 Å². The van der Waals surface area contributed by atoms with E-state index in [2.05, 4.69) is 0 Å². The lowest BCUT2D eigenvalue weighted by Crippen LogP contribution is -2.35. The molecule has 6 nitrogen and oxygen atoms in total. The van der Waals surface area contributed by atoms with Crippen LogP contribution in [0.5, 0.6) is 0 Å². The van der Waals surface area contributed by atoms with Gasteiger partial charge in [0.1, 0.15) is 0 Å². The number of likely N-dealkylation sites (tertiary alicyclic amines) is 1. The highest BCUT2D eigenvalue weighted by molar-refractivity contribution is 6.21. The molecule has 0 spiro atoms. The Balaban J connectivity index is 1.27. The van der Waals surface area contributed by atoms with Crippen molar-refractivity contribution in [3.8, 4) is 0 Å². The molecule has 0 aliphatic carbocycles. The second-order valence-corrected chi connectivity index (χ2v) is 8.88. The summed E-state index contributed by atoms with van der Waals surface area (Å²) in [5.74, 6) is -0.707. The van der Waals surface area contributed by atoms with E-state index in [0.717, 1.165) is 48.5 Å². The third-order valence-electron chi connectivity index (χ3n) is 6.75. The molecule has 3 amide bonds. The molecule has 33 heavy (non-hydrogen) atoms. The van der Waals surface area contributed by atoms with Crippen molar-refractivity contribution in [3.05, 3.63) is 76.6 Å². The van der Waals surface area contributed by atoms with Crippen molar-refractivity contribution in [1.29, 1.82) is 0 Å². The Morgan fingerprint density at radius 2 is 1.61 bits per heavy atom. The van der Waals surface area contributed by atoms with Crippen molar-refractivity contribution in [3.63, 3.8) is 0 Å². The Hall–Kier alpha value is -3.48. The molecule has 7 heteroatoms. The van der Waals surface area contributed by atoms with Crippen molar-refractivity contribution < 1.29 is 18.8 Å². The van der Waals surface area contributed by atoms with Crippen LogP contribution in [-0.4, -0.2) is 60.2 Å². The zero-order chi connectivity index (χ0) is 22.9. The molecule has 3 heterocycles. The summed E-state index contributed by atoms with van der Waals surface area (Å²) in [6.07, 6.45) is 4.54. The normalized spacial score (nSPS) is 18.1. The zero-order valence-corrected chi connectivity index (χ0v) is 18.4. The molecule has 2 aromatic rings. The lowest BCUT2D eigenvalue weighted by molar-refractivity contribution is 0.0665. The Morgan fingerprint density at radius 1 is 0.909 bits per heavy atom. The third-order valence-corrected chi connectivity index (χ3v) is 6.75. The first-order valence-corrected chi connectivity index (χ1v) is 11.5. The number of nitrogens with zero attached hydrogens (tertiary/aromatic N) is 3. The van der Waals surface area contributed by atoms with E-state index in [1.54, 1.807) is 24.3 Å². The fourth-order valence-electron chi connectivity index (χ4n) is 5.00. The van der Waals surface area contributed by atoms with Gasteiger partial charge in [-0.25, -0.2) is 4.39 Å². The van der Waals surface area contributed by atoms with Crippen molar-refractivity contribution in [2.75, 3.05) is 37.6 Å². The van der Waals surface area contributed by atoms with Crippen LogP contribution in [-0.2, 0) is 6.42 Å². The van der Waals surface area contributed by atoms with E-state index in [1.807, 2.05) is 28.0 Å². The molecule has 0 radical (unpaired) electrons.